The maximum absolute atomic E-state index is 15.5. The number of halogens is 1. The Morgan fingerprint density at radius 2 is 1.19 bits per heavy atom. The van der Waals surface area contributed by atoms with Crippen LogP contribution in [0.1, 0.15) is 27.7 Å². The van der Waals surface area contributed by atoms with Crippen molar-refractivity contribution in [2.24, 2.45) is 0 Å². The third-order valence-corrected chi connectivity index (χ3v) is 6.73. The van der Waals surface area contributed by atoms with Crippen molar-refractivity contribution in [2.45, 2.75) is 64.6 Å². The molecule has 0 saturated carbocycles. The summed E-state index contributed by atoms with van der Waals surface area (Å²) < 4.78 is 72.7. The van der Waals surface area contributed by atoms with Gasteiger partial charge in [0.15, 0.2) is 24.5 Å². The summed E-state index contributed by atoms with van der Waals surface area (Å²) in [6.07, 6.45) is -11.3. The number of alkyl halides is 1. The predicted octanol–water partition coefficient (Wildman–Crippen LogP) is 3.69. The molecule has 3 rings (SSSR count). The zero-order chi connectivity index (χ0) is 30.9. The highest BCUT2D eigenvalue weighted by atomic mass is 31.2. The molecule has 42 heavy (non-hydrogen) atoms. The molecule has 2 aromatic carbocycles. The Kier molecular flexibility index (Phi) is 11.4. The number of hydrogen-bond donors (Lipinski definition) is 0. The molecule has 2 aromatic rings. The van der Waals surface area contributed by atoms with Crippen molar-refractivity contribution in [1.29, 1.82) is 0 Å². The first-order valence-corrected chi connectivity index (χ1v) is 14.0. The van der Waals surface area contributed by atoms with Gasteiger partial charge in [0.2, 0.25) is 6.29 Å². The Balaban J connectivity index is 2.08. The Hall–Kier alpha value is -4.00. The first-order chi connectivity index (χ1) is 19.9. The van der Waals surface area contributed by atoms with Gasteiger partial charge in [-0.15, -0.1) is 0 Å². The molecule has 0 spiro atoms. The van der Waals surface area contributed by atoms with Crippen molar-refractivity contribution in [1.82, 2.24) is 0 Å². The summed E-state index contributed by atoms with van der Waals surface area (Å²) >= 11 is 0. The van der Waals surface area contributed by atoms with Crippen molar-refractivity contribution < 1.29 is 65.4 Å². The SMILES string of the molecule is CC(=O)OC[C@H](F)[C@H]1O[C@@H](OP(=O)(Oc2ccccc2)Oc2ccccc2)[C@@H](OC(C)=O)[C@@H](OC(C)=O)[C@@H]1OC(C)=O. The molecule has 0 aromatic heterocycles. The average molecular weight is 612 g/mol. The third kappa shape index (κ3) is 9.54. The van der Waals surface area contributed by atoms with Crippen LogP contribution in [-0.2, 0) is 52.0 Å². The molecular formula is C27H30FO13P. The van der Waals surface area contributed by atoms with Crippen molar-refractivity contribution >= 4 is 31.7 Å². The van der Waals surface area contributed by atoms with E-state index in [0.717, 1.165) is 27.7 Å². The largest absolute Gasteiger partial charge is 0.590 e. The van der Waals surface area contributed by atoms with Crippen molar-refractivity contribution in [2.75, 3.05) is 6.61 Å². The Bertz CT molecular complexity index is 1230. The molecule has 0 unspecified atom stereocenters. The molecule has 0 bridgehead atoms. The maximum atomic E-state index is 15.5. The van der Waals surface area contributed by atoms with Crippen LogP contribution in [0.25, 0.3) is 0 Å². The van der Waals surface area contributed by atoms with Crippen LogP contribution in [0.15, 0.2) is 60.7 Å². The van der Waals surface area contributed by atoms with E-state index in [9.17, 15) is 23.7 Å². The molecule has 15 heteroatoms. The van der Waals surface area contributed by atoms with Crippen molar-refractivity contribution in [3.63, 3.8) is 0 Å². The molecule has 0 amide bonds. The standard InChI is InChI=1S/C27H30FO13P/c1-16(29)34-15-22(28)23-24(35-17(2)30)25(36-18(3)31)26(37-19(4)32)27(38-23)41-42(33,39-20-11-7-5-8-12-20)40-21-13-9-6-10-14-21/h5-14,22-27H,15H2,1-4H3/t22-,23+,24+,25-,26-,27-/m0/s1. The van der Waals surface area contributed by atoms with Crippen LogP contribution in [0.2, 0.25) is 0 Å². The lowest BCUT2D eigenvalue weighted by Gasteiger charge is -2.45. The first kappa shape index (κ1) is 32.5. The lowest BCUT2D eigenvalue weighted by Crippen LogP contribution is -2.64. The number of phosphoric acid groups is 1. The zero-order valence-corrected chi connectivity index (χ0v) is 24.0. The molecule has 0 radical (unpaired) electrons. The molecule has 1 fully saturated rings. The van der Waals surface area contributed by atoms with Gasteiger partial charge >= 0.3 is 31.7 Å². The Labute approximate surface area is 240 Å². The average Bonchev–Trinajstić information content (AvgIpc) is 2.90. The van der Waals surface area contributed by atoms with E-state index >= 15 is 4.39 Å². The highest BCUT2D eigenvalue weighted by molar-refractivity contribution is 7.49. The smallest absolute Gasteiger partial charge is 0.463 e. The highest BCUT2D eigenvalue weighted by Gasteiger charge is 2.57. The number of carbonyl (C=O) groups is 4. The van der Waals surface area contributed by atoms with E-state index in [1.54, 1.807) is 36.4 Å². The van der Waals surface area contributed by atoms with Crippen LogP contribution in [-0.4, -0.2) is 67.4 Å². The Morgan fingerprint density at radius 1 is 0.738 bits per heavy atom. The molecule has 13 nitrogen and oxygen atoms in total. The number of hydrogen-bond acceptors (Lipinski definition) is 13. The van der Waals surface area contributed by atoms with Gasteiger partial charge in [0.05, 0.1) is 0 Å². The van der Waals surface area contributed by atoms with Gasteiger partial charge in [0, 0.05) is 27.7 Å². The van der Waals surface area contributed by atoms with Crippen LogP contribution < -0.4 is 9.05 Å². The fourth-order valence-corrected chi connectivity index (χ4v) is 5.19. The molecule has 6 atom stereocenters. The van der Waals surface area contributed by atoms with Crippen molar-refractivity contribution in [3.8, 4) is 11.5 Å². The molecule has 228 valence electrons. The summed E-state index contributed by atoms with van der Waals surface area (Å²) in [6, 6.07) is 15.5. The van der Waals surface area contributed by atoms with Gasteiger partial charge in [-0.1, -0.05) is 36.4 Å². The quantitative estimate of drug-likeness (QED) is 0.194. The van der Waals surface area contributed by atoms with Gasteiger partial charge < -0.3 is 32.7 Å². The minimum Gasteiger partial charge on any atom is -0.463 e. The molecule has 1 aliphatic heterocycles. The van der Waals surface area contributed by atoms with Crippen LogP contribution in [0.5, 0.6) is 11.5 Å². The maximum Gasteiger partial charge on any atom is 0.590 e. The lowest BCUT2D eigenvalue weighted by atomic mass is 9.95. The van der Waals surface area contributed by atoms with E-state index in [1.807, 2.05) is 0 Å². The molecule has 1 heterocycles. The minimum atomic E-state index is -4.78. The summed E-state index contributed by atoms with van der Waals surface area (Å²) in [5.41, 5.74) is 0. The van der Waals surface area contributed by atoms with Crippen molar-refractivity contribution in [3.05, 3.63) is 60.7 Å². The van der Waals surface area contributed by atoms with Gasteiger partial charge in [-0.3, -0.25) is 19.2 Å². The number of rotatable bonds is 12. The van der Waals surface area contributed by atoms with E-state index in [4.69, 9.17) is 37.3 Å². The van der Waals surface area contributed by atoms with E-state index < -0.39 is 75.2 Å². The topological polar surface area (TPSA) is 159 Å². The van der Waals surface area contributed by atoms with Gasteiger partial charge in [0.25, 0.3) is 0 Å². The summed E-state index contributed by atoms with van der Waals surface area (Å²) in [7, 11) is -4.78. The molecule has 0 N–H and O–H groups in total. The van der Waals surface area contributed by atoms with E-state index in [-0.39, 0.29) is 11.5 Å². The summed E-state index contributed by atoms with van der Waals surface area (Å²) in [4.78, 5) is 47.5. The van der Waals surface area contributed by atoms with Gasteiger partial charge in [-0.05, 0) is 24.3 Å². The normalized spacial score (nSPS) is 22.6. The van der Waals surface area contributed by atoms with Gasteiger partial charge in [0.1, 0.15) is 24.2 Å². The predicted molar refractivity (Wildman–Crippen MR) is 140 cm³/mol. The summed E-state index contributed by atoms with van der Waals surface area (Å²) in [6.45, 7) is 3.19. The summed E-state index contributed by atoms with van der Waals surface area (Å²) in [5.74, 6) is -3.54. The Morgan fingerprint density at radius 3 is 1.64 bits per heavy atom. The zero-order valence-electron chi connectivity index (χ0n) is 23.1. The first-order valence-electron chi connectivity index (χ1n) is 12.6. The number of ether oxygens (including phenoxy) is 5. The monoisotopic (exact) mass is 612 g/mol. The van der Waals surface area contributed by atoms with E-state index in [0.29, 0.717) is 0 Å². The molecule has 1 saturated heterocycles. The van der Waals surface area contributed by atoms with Crippen LogP contribution >= 0.6 is 7.82 Å². The fraction of sp³-hybridized carbons (Fsp3) is 0.407. The van der Waals surface area contributed by atoms with E-state index in [1.165, 1.54) is 24.3 Å². The molecule has 0 aliphatic carbocycles. The van der Waals surface area contributed by atoms with Gasteiger partial charge in [-0.25, -0.2) is 13.5 Å². The second kappa shape index (κ2) is 14.8. The highest BCUT2D eigenvalue weighted by Crippen LogP contribution is 2.52. The van der Waals surface area contributed by atoms with Gasteiger partial charge in [-0.2, -0.15) is 0 Å². The molecule has 1 aliphatic rings. The van der Waals surface area contributed by atoms with Crippen LogP contribution in [0, 0.1) is 0 Å². The molecular weight excluding hydrogens is 582 g/mol. The minimum absolute atomic E-state index is 0.0423. The van der Waals surface area contributed by atoms with E-state index in [2.05, 4.69) is 0 Å². The number of phosphoric ester groups is 1. The number of esters is 4. The third-order valence-electron chi connectivity index (χ3n) is 5.39. The second-order valence-electron chi connectivity index (χ2n) is 8.87. The lowest BCUT2D eigenvalue weighted by molar-refractivity contribution is -0.296. The van der Waals surface area contributed by atoms with Crippen LogP contribution in [0.4, 0.5) is 4.39 Å². The number of carbonyl (C=O) groups excluding carboxylic acids is 4. The number of para-hydroxylation sites is 2. The summed E-state index contributed by atoms with van der Waals surface area (Å²) in [5, 5.41) is 0. The number of benzene rings is 2. The second-order valence-corrected chi connectivity index (χ2v) is 10.3. The fourth-order valence-electron chi connectivity index (χ4n) is 3.88. The van der Waals surface area contributed by atoms with Crippen LogP contribution in [0.3, 0.4) is 0 Å².